The number of aryl methyl sites for hydroxylation is 2. The first-order valence-corrected chi connectivity index (χ1v) is 12.1. The molecule has 2 amide bonds. The topological polar surface area (TPSA) is 112 Å². The van der Waals surface area contributed by atoms with Gasteiger partial charge in [0.05, 0.1) is 24.0 Å². The Kier molecular flexibility index (Phi) is 6.87. The van der Waals surface area contributed by atoms with Gasteiger partial charge in [0.1, 0.15) is 10.7 Å². The van der Waals surface area contributed by atoms with Crippen LogP contribution in [0.4, 0.5) is 0 Å². The third-order valence-corrected chi connectivity index (χ3v) is 6.97. The highest BCUT2D eigenvalue weighted by Crippen LogP contribution is 2.29. The van der Waals surface area contributed by atoms with Gasteiger partial charge in [0.25, 0.3) is 17.4 Å². The van der Waals surface area contributed by atoms with Gasteiger partial charge < -0.3 is 9.47 Å². The number of nitrogens with zero attached hydrogens (tertiary/aromatic N) is 2. The number of nitrogens with one attached hydrogen (secondary N) is 2. The fourth-order valence-electron chi connectivity index (χ4n) is 3.87. The number of hydrogen-bond donors (Lipinski definition) is 2. The van der Waals surface area contributed by atoms with E-state index < -0.39 is 11.8 Å². The second-order valence-electron chi connectivity index (χ2n) is 8.63. The molecule has 1 aromatic carbocycles. The molecule has 9 nitrogen and oxygen atoms in total. The average Bonchev–Trinajstić information content (AvgIpc) is 3.42. The smallest absolute Gasteiger partial charge is 0.280 e. The fourth-order valence-corrected chi connectivity index (χ4v) is 4.95. The highest BCUT2D eigenvalue weighted by atomic mass is 32.1. The van der Waals surface area contributed by atoms with Crippen molar-refractivity contribution in [1.82, 2.24) is 20.4 Å². The van der Waals surface area contributed by atoms with Crippen molar-refractivity contribution in [2.24, 2.45) is 5.92 Å². The van der Waals surface area contributed by atoms with Crippen LogP contribution in [0.15, 0.2) is 23.0 Å². The molecule has 0 aliphatic carbocycles. The quantitative estimate of drug-likeness (QED) is 0.498. The first-order valence-electron chi connectivity index (χ1n) is 11.2. The lowest BCUT2D eigenvalue weighted by Crippen LogP contribution is -2.41. The van der Waals surface area contributed by atoms with Gasteiger partial charge in [0.2, 0.25) is 0 Å². The molecule has 3 heterocycles. The first kappa shape index (κ1) is 23.7. The predicted molar refractivity (Wildman–Crippen MR) is 130 cm³/mol. The van der Waals surface area contributed by atoms with Gasteiger partial charge in [-0.3, -0.25) is 29.8 Å². The number of hydrogen-bond acceptors (Lipinski definition) is 7. The Labute approximate surface area is 201 Å². The van der Waals surface area contributed by atoms with Crippen LogP contribution in [0.1, 0.15) is 58.1 Å². The zero-order valence-electron chi connectivity index (χ0n) is 19.7. The van der Waals surface area contributed by atoms with Gasteiger partial charge in [-0.25, -0.2) is 4.98 Å². The Hall–Kier alpha value is -3.40. The van der Waals surface area contributed by atoms with Crippen LogP contribution in [-0.2, 0) is 13.0 Å². The number of hydrazine groups is 1. The number of carbonyl (C=O) groups is 2. The third-order valence-electron chi connectivity index (χ3n) is 5.79. The second kappa shape index (κ2) is 9.84. The number of benzene rings is 1. The van der Waals surface area contributed by atoms with Crippen LogP contribution in [0.25, 0.3) is 10.2 Å². The van der Waals surface area contributed by atoms with Crippen LogP contribution in [0.2, 0.25) is 0 Å². The van der Waals surface area contributed by atoms with Crippen LogP contribution in [-0.4, -0.2) is 35.1 Å². The van der Waals surface area contributed by atoms with Crippen LogP contribution < -0.4 is 25.9 Å². The van der Waals surface area contributed by atoms with Crippen LogP contribution in [0.3, 0.4) is 0 Å². The lowest BCUT2D eigenvalue weighted by molar-refractivity contribution is 0.0848. The summed E-state index contributed by atoms with van der Waals surface area (Å²) in [6.45, 7) is 7.15. The predicted octanol–water partition coefficient (Wildman–Crippen LogP) is 3.22. The molecule has 34 heavy (non-hydrogen) atoms. The summed E-state index contributed by atoms with van der Waals surface area (Å²) in [5.74, 6) is 1.25. The summed E-state index contributed by atoms with van der Waals surface area (Å²) in [4.78, 5) is 43.7. The molecule has 0 spiro atoms. The molecule has 0 saturated heterocycles. The van der Waals surface area contributed by atoms with E-state index in [2.05, 4.69) is 29.7 Å². The van der Waals surface area contributed by atoms with Gasteiger partial charge >= 0.3 is 0 Å². The van der Waals surface area contributed by atoms with E-state index in [1.807, 2.05) is 0 Å². The molecule has 1 aliphatic rings. The van der Waals surface area contributed by atoms with Gasteiger partial charge in [-0.15, -0.1) is 11.3 Å². The molecule has 10 heteroatoms. The molecule has 180 valence electrons. The van der Waals surface area contributed by atoms with Crippen molar-refractivity contribution in [2.45, 2.75) is 46.6 Å². The van der Waals surface area contributed by atoms with Crippen molar-refractivity contribution in [3.63, 3.8) is 0 Å². The van der Waals surface area contributed by atoms with Gasteiger partial charge in [0, 0.05) is 18.5 Å². The summed E-state index contributed by atoms with van der Waals surface area (Å²) in [6.07, 6.45) is 2.55. The van der Waals surface area contributed by atoms with Crippen molar-refractivity contribution in [1.29, 1.82) is 0 Å². The van der Waals surface area contributed by atoms with Gasteiger partial charge in [-0.05, 0) is 49.4 Å². The minimum atomic E-state index is -0.503. The van der Waals surface area contributed by atoms with Gasteiger partial charge in [-0.2, -0.15) is 0 Å². The number of aromatic nitrogens is 2. The molecule has 0 radical (unpaired) electrons. The van der Waals surface area contributed by atoms with E-state index in [-0.39, 0.29) is 5.56 Å². The maximum atomic E-state index is 12.8. The molecule has 0 fully saturated rings. The Bertz CT molecular complexity index is 1310. The molecule has 4 rings (SSSR count). The Morgan fingerprint density at radius 2 is 1.97 bits per heavy atom. The number of thiophene rings is 1. The minimum Gasteiger partial charge on any atom is -0.493 e. The van der Waals surface area contributed by atoms with Crippen molar-refractivity contribution < 1.29 is 19.1 Å². The summed E-state index contributed by atoms with van der Waals surface area (Å²) in [7, 11) is 1.50. The van der Waals surface area contributed by atoms with E-state index in [1.54, 1.807) is 29.7 Å². The number of ether oxygens (including phenoxy) is 2. The van der Waals surface area contributed by atoms with E-state index in [9.17, 15) is 14.4 Å². The maximum Gasteiger partial charge on any atom is 0.280 e. The number of rotatable bonds is 7. The monoisotopic (exact) mass is 484 g/mol. The van der Waals surface area contributed by atoms with Crippen LogP contribution in [0.5, 0.6) is 11.5 Å². The van der Waals surface area contributed by atoms with Crippen LogP contribution in [0, 0.1) is 12.8 Å². The molecule has 1 aliphatic heterocycles. The highest BCUT2D eigenvalue weighted by molar-refractivity contribution is 7.20. The molecular weight excluding hydrogens is 456 g/mol. The Morgan fingerprint density at radius 1 is 1.21 bits per heavy atom. The molecular formula is C24H28N4O5S. The zero-order chi connectivity index (χ0) is 24.4. The van der Waals surface area contributed by atoms with Gasteiger partial charge in [-0.1, -0.05) is 13.8 Å². The van der Waals surface area contributed by atoms with E-state index >= 15 is 0 Å². The summed E-state index contributed by atoms with van der Waals surface area (Å²) < 4.78 is 12.8. The zero-order valence-corrected chi connectivity index (χ0v) is 20.5. The van der Waals surface area contributed by atoms with E-state index in [0.29, 0.717) is 56.8 Å². The van der Waals surface area contributed by atoms with Crippen molar-refractivity contribution >= 4 is 33.4 Å². The second-order valence-corrected chi connectivity index (χ2v) is 9.63. The lowest BCUT2D eigenvalue weighted by atomic mass is 10.1. The summed E-state index contributed by atoms with van der Waals surface area (Å²) in [5, 5.41) is 0.463. The summed E-state index contributed by atoms with van der Waals surface area (Å²) >= 11 is 1.15. The van der Waals surface area contributed by atoms with Crippen LogP contribution >= 0.6 is 11.3 Å². The van der Waals surface area contributed by atoms with E-state index in [4.69, 9.17) is 9.47 Å². The fraction of sp³-hybridized carbons (Fsp3) is 0.417. The number of methoxy groups -OCH3 is 1. The largest absolute Gasteiger partial charge is 0.493 e. The van der Waals surface area contributed by atoms with Crippen molar-refractivity contribution in [3.05, 3.63) is 50.4 Å². The minimum absolute atomic E-state index is 0.114. The summed E-state index contributed by atoms with van der Waals surface area (Å²) in [5.41, 5.74) is 5.62. The van der Waals surface area contributed by atoms with Crippen molar-refractivity contribution in [2.75, 3.05) is 13.7 Å². The average molecular weight is 485 g/mol. The normalized spacial score (nSPS) is 12.6. The molecule has 0 bridgehead atoms. The maximum absolute atomic E-state index is 12.8. The SMILES string of the molecule is COc1cc(C(=O)NNC(=O)c2sc3nc4n(c(=O)c3c2C)CCC4)ccc1OCCC(C)C. The van der Waals surface area contributed by atoms with Gasteiger partial charge in [0.15, 0.2) is 11.5 Å². The molecule has 0 unspecified atom stereocenters. The number of carbonyl (C=O) groups excluding carboxylic acids is 2. The highest BCUT2D eigenvalue weighted by Gasteiger charge is 2.23. The Balaban J connectivity index is 1.45. The Morgan fingerprint density at radius 3 is 2.71 bits per heavy atom. The molecule has 2 aromatic heterocycles. The summed E-state index contributed by atoms with van der Waals surface area (Å²) in [6, 6.07) is 4.83. The van der Waals surface area contributed by atoms with E-state index in [0.717, 1.165) is 36.4 Å². The molecule has 2 N–H and O–H groups in total. The van der Waals surface area contributed by atoms with Crippen molar-refractivity contribution in [3.8, 4) is 11.5 Å². The third kappa shape index (κ3) is 4.63. The standard InChI is InChI=1S/C24H28N4O5S/c1-13(2)9-11-33-16-8-7-15(12-17(16)32-4)21(29)26-27-22(30)20-14(3)19-23(34-20)25-18-6-5-10-28(18)24(19)31/h7-8,12-13H,5-6,9-11H2,1-4H3,(H,26,29)(H,27,30). The first-order chi connectivity index (χ1) is 16.3. The number of amides is 2. The molecule has 0 atom stereocenters. The molecule has 0 saturated carbocycles. The lowest BCUT2D eigenvalue weighted by Gasteiger charge is -2.13. The van der Waals surface area contributed by atoms with E-state index in [1.165, 1.54) is 7.11 Å². The number of fused-ring (bicyclic) bond motifs is 2. The molecule has 3 aromatic rings.